The van der Waals surface area contributed by atoms with Crippen molar-refractivity contribution in [2.75, 3.05) is 4.90 Å². The number of anilines is 3. The average molecular weight is 703 g/mol. The second kappa shape index (κ2) is 12.6. The maximum Gasteiger partial charge on any atom is 0.159 e. The topological polar surface area (TPSA) is 21.3 Å². The highest BCUT2D eigenvalue weighted by atomic mass is 16.3. The molecule has 11 aromatic rings. The Bertz CT molecular complexity index is 3150. The lowest BCUT2D eigenvalue weighted by Crippen LogP contribution is -2.09. The number of para-hydroxylation sites is 3. The van der Waals surface area contributed by atoms with Crippen LogP contribution in [0.3, 0.4) is 0 Å². The lowest BCUT2D eigenvalue weighted by atomic mass is 9.94. The summed E-state index contributed by atoms with van der Waals surface area (Å²) in [5.41, 5.74) is 13.1. The minimum absolute atomic E-state index is 0.847. The van der Waals surface area contributed by atoms with Crippen LogP contribution < -0.4 is 4.90 Å². The minimum atomic E-state index is 0.847. The first kappa shape index (κ1) is 31.2. The minimum Gasteiger partial charge on any atom is -0.454 e. The standard InChI is InChI=1S/C52H34N2O/c1-2-14-36(15-3-1)42-17-6-7-18-43(42)37-26-28-39(29-27-37)53(40-30-25-35-13-4-5-16-38(35)33-40)41-31-32-46-47-21-12-24-50(52(47)55-51(46)34-41)54-48-22-10-8-19-44(48)45-20-9-11-23-49(45)54/h1-34H. The Morgan fingerprint density at radius 3 is 1.67 bits per heavy atom. The number of hydrogen-bond acceptors (Lipinski definition) is 2. The summed E-state index contributed by atoms with van der Waals surface area (Å²) >= 11 is 0. The van der Waals surface area contributed by atoms with E-state index in [4.69, 9.17) is 4.42 Å². The van der Waals surface area contributed by atoms with Crippen molar-refractivity contribution in [3.63, 3.8) is 0 Å². The van der Waals surface area contributed by atoms with Crippen LogP contribution in [0.5, 0.6) is 0 Å². The molecule has 0 saturated heterocycles. The number of furan rings is 1. The van der Waals surface area contributed by atoms with Crippen LogP contribution in [0.2, 0.25) is 0 Å². The van der Waals surface area contributed by atoms with Gasteiger partial charge in [-0.05, 0) is 87.6 Å². The number of hydrogen-bond donors (Lipinski definition) is 0. The van der Waals surface area contributed by atoms with Crippen LogP contribution in [0.1, 0.15) is 0 Å². The summed E-state index contributed by atoms with van der Waals surface area (Å²) in [7, 11) is 0. The Labute approximate surface area is 318 Å². The van der Waals surface area contributed by atoms with E-state index in [1.54, 1.807) is 0 Å². The van der Waals surface area contributed by atoms with Gasteiger partial charge in [0.25, 0.3) is 0 Å². The number of fused-ring (bicyclic) bond motifs is 7. The maximum absolute atomic E-state index is 6.92. The van der Waals surface area contributed by atoms with Crippen molar-refractivity contribution in [1.29, 1.82) is 0 Å². The zero-order chi connectivity index (χ0) is 36.3. The highest BCUT2D eigenvalue weighted by molar-refractivity contribution is 6.13. The zero-order valence-corrected chi connectivity index (χ0v) is 29.9. The van der Waals surface area contributed by atoms with Crippen LogP contribution >= 0.6 is 0 Å². The molecule has 0 bridgehead atoms. The molecular formula is C52H34N2O. The van der Waals surface area contributed by atoms with Gasteiger partial charge in [0, 0.05) is 44.7 Å². The van der Waals surface area contributed by atoms with Gasteiger partial charge in [-0.2, -0.15) is 0 Å². The summed E-state index contributed by atoms with van der Waals surface area (Å²) in [5, 5.41) is 7.05. The van der Waals surface area contributed by atoms with Gasteiger partial charge in [-0.3, -0.25) is 0 Å². The molecule has 0 saturated carbocycles. The van der Waals surface area contributed by atoms with E-state index in [9.17, 15) is 0 Å². The summed E-state index contributed by atoms with van der Waals surface area (Å²) in [6, 6.07) is 73.8. The van der Waals surface area contributed by atoms with Crippen molar-refractivity contribution in [3.8, 4) is 27.9 Å². The number of nitrogens with zero attached hydrogens (tertiary/aromatic N) is 2. The molecule has 3 nitrogen and oxygen atoms in total. The van der Waals surface area contributed by atoms with Crippen molar-refractivity contribution in [3.05, 3.63) is 206 Å². The monoisotopic (exact) mass is 702 g/mol. The quantitative estimate of drug-likeness (QED) is 0.172. The fourth-order valence-electron chi connectivity index (χ4n) is 8.43. The van der Waals surface area contributed by atoms with E-state index in [0.717, 1.165) is 55.7 Å². The summed E-state index contributed by atoms with van der Waals surface area (Å²) in [5.74, 6) is 0. The Morgan fingerprint density at radius 2 is 0.927 bits per heavy atom. The molecule has 0 radical (unpaired) electrons. The fraction of sp³-hybridized carbons (Fsp3) is 0. The molecule has 55 heavy (non-hydrogen) atoms. The third kappa shape index (κ3) is 5.13. The van der Waals surface area contributed by atoms with Crippen LogP contribution in [0.4, 0.5) is 17.1 Å². The largest absolute Gasteiger partial charge is 0.454 e. The van der Waals surface area contributed by atoms with Gasteiger partial charge in [0.15, 0.2) is 5.58 Å². The van der Waals surface area contributed by atoms with Crippen LogP contribution in [0, 0.1) is 0 Å². The predicted octanol–water partition coefficient (Wildman–Crippen LogP) is 14.6. The van der Waals surface area contributed by atoms with Gasteiger partial charge in [0.1, 0.15) is 5.58 Å². The highest BCUT2D eigenvalue weighted by Gasteiger charge is 2.20. The Balaban J connectivity index is 1.07. The molecule has 2 aromatic heterocycles. The highest BCUT2D eigenvalue weighted by Crippen LogP contribution is 2.43. The average Bonchev–Trinajstić information content (AvgIpc) is 3.80. The maximum atomic E-state index is 6.92. The van der Waals surface area contributed by atoms with Crippen molar-refractivity contribution in [2.24, 2.45) is 0 Å². The number of rotatable bonds is 6. The van der Waals surface area contributed by atoms with E-state index >= 15 is 0 Å². The van der Waals surface area contributed by atoms with E-state index in [0.29, 0.717) is 0 Å². The summed E-state index contributed by atoms with van der Waals surface area (Å²) < 4.78 is 9.27. The number of benzene rings is 9. The molecule has 11 rings (SSSR count). The Hall–Kier alpha value is -7.36. The van der Waals surface area contributed by atoms with E-state index in [-0.39, 0.29) is 0 Å². The molecule has 9 aromatic carbocycles. The van der Waals surface area contributed by atoms with Gasteiger partial charge >= 0.3 is 0 Å². The molecule has 0 aliphatic carbocycles. The lowest BCUT2D eigenvalue weighted by Gasteiger charge is -2.26. The molecular weight excluding hydrogens is 669 g/mol. The second-order valence-electron chi connectivity index (χ2n) is 14.1. The first-order valence-corrected chi connectivity index (χ1v) is 18.8. The van der Waals surface area contributed by atoms with Crippen molar-refractivity contribution < 1.29 is 4.42 Å². The molecule has 0 spiro atoms. The second-order valence-corrected chi connectivity index (χ2v) is 14.1. The van der Waals surface area contributed by atoms with E-state index in [1.807, 2.05) is 0 Å². The molecule has 0 aliphatic rings. The van der Waals surface area contributed by atoms with Crippen LogP contribution in [-0.2, 0) is 0 Å². The smallest absolute Gasteiger partial charge is 0.159 e. The van der Waals surface area contributed by atoms with E-state index in [1.165, 1.54) is 43.8 Å². The summed E-state index contributed by atoms with van der Waals surface area (Å²) in [4.78, 5) is 2.33. The molecule has 0 unspecified atom stereocenters. The van der Waals surface area contributed by atoms with E-state index < -0.39 is 0 Å². The lowest BCUT2D eigenvalue weighted by molar-refractivity contribution is 0.666. The van der Waals surface area contributed by atoms with Gasteiger partial charge < -0.3 is 13.9 Å². The van der Waals surface area contributed by atoms with E-state index in [2.05, 4.69) is 216 Å². The number of aromatic nitrogens is 1. The fourth-order valence-corrected chi connectivity index (χ4v) is 8.43. The predicted molar refractivity (Wildman–Crippen MR) is 231 cm³/mol. The Kier molecular flexibility index (Phi) is 7.17. The molecule has 2 heterocycles. The van der Waals surface area contributed by atoms with Crippen molar-refractivity contribution >= 4 is 71.6 Å². The van der Waals surface area contributed by atoms with Gasteiger partial charge in [0.2, 0.25) is 0 Å². The molecule has 0 amide bonds. The van der Waals surface area contributed by atoms with Gasteiger partial charge in [-0.15, -0.1) is 0 Å². The zero-order valence-electron chi connectivity index (χ0n) is 29.9. The normalized spacial score (nSPS) is 11.6. The van der Waals surface area contributed by atoms with Crippen molar-refractivity contribution in [1.82, 2.24) is 4.57 Å². The Morgan fingerprint density at radius 1 is 0.364 bits per heavy atom. The van der Waals surface area contributed by atoms with Gasteiger partial charge in [-0.1, -0.05) is 146 Å². The van der Waals surface area contributed by atoms with Crippen LogP contribution in [0.25, 0.3) is 82.5 Å². The SMILES string of the molecule is c1ccc(-c2ccccc2-c2ccc(N(c3ccc4ccccc4c3)c3ccc4c(c3)oc3c(-n5c6ccccc6c6ccccc65)cccc34)cc2)cc1. The van der Waals surface area contributed by atoms with Crippen LogP contribution in [-0.4, -0.2) is 4.57 Å². The van der Waals surface area contributed by atoms with Crippen LogP contribution in [0.15, 0.2) is 211 Å². The third-order valence-corrected chi connectivity index (χ3v) is 11.0. The first-order chi connectivity index (χ1) is 27.3. The molecule has 0 fully saturated rings. The van der Waals surface area contributed by atoms with Gasteiger partial charge in [-0.25, -0.2) is 0 Å². The first-order valence-electron chi connectivity index (χ1n) is 18.8. The molecule has 3 heteroatoms. The van der Waals surface area contributed by atoms with Gasteiger partial charge in [0.05, 0.1) is 16.7 Å². The molecule has 0 N–H and O–H groups in total. The third-order valence-electron chi connectivity index (χ3n) is 11.0. The van der Waals surface area contributed by atoms with Crippen molar-refractivity contribution in [2.45, 2.75) is 0 Å². The summed E-state index contributed by atoms with van der Waals surface area (Å²) in [6.07, 6.45) is 0. The molecule has 0 atom stereocenters. The summed E-state index contributed by atoms with van der Waals surface area (Å²) in [6.45, 7) is 0. The molecule has 0 aliphatic heterocycles. The molecule has 258 valence electrons.